The van der Waals surface area contributed by atoms with Crippen LogP contribution in [0.5, 0.6) is 5.75 Å². The number of hydrogen-bond donors (Lipinski definition) is 2. The van der Waals surface area contributed by atoms with Gasteiger partial charge in [0.05, 0.1) is 23.9 Å². The summed E-state index contributed by atoms with van der Waals surface area (Å²) in [5, 5.41) is 16.3. The molecule has 6 nitrogen and oxygen atoms in total. The van der Waals surface area contributed by atoms with Crippen LogP contribution in [0, 0.1) is 11.6 Å². The summed E-state index contributed by atoms with van der Waals surface area (Å²) in [5.41, 5.74) is 1.18. The molecule has 164 valence electrons. The Hall–Kier alpha value is -3.00. The number of aliphatic hydroxyl groups excluding tert-OH is 1. The van der Waals surface area contributed by atoms with Crippen LogP contribution in [-0.4, -0.2) is 32.8 Å². The Bertz CT molecular complexity index is 1110. The zero-order valence-electron chi connectivity index (χ0n) is 17.7. The van der Waals surface area contributed by atoms with Crippen molar-refractivity contribution in [3.05, 3.63) is 65.0 Å². The van der Waals surface area contributed by atoms with Gasteiger partial charge in [0, 0.05) is 42.8 Å². The van der Waals surface area contributed by atoms with E-state index in [1.54, 1.807) is 43.6 Å². The molecule has 8 heteroatoms. The standard InChI is InChI=1S/C23H25F2N3O3/c1-23(2,3)21-18(24)8-16(9-19(21)25)31-15-6-14(7-15)27-22(30)17-10-26-28-11-13(12-29)4-5-20(17)28/h4-5,8-11,14-15,29H,6-7,12H2,1-3H3,(H,27,30). The molecule has 3 aromatic rings. The van der Waals surface area contributed by atoms with Crippen LogP contribution in [-0.2, 0) is 12.0 Å². The van der Waals surface area contributed by atoms with Crippen LogP contribution in [0.25, 0.3) is 5.52 Å². The number of benzene rings is 1. The smallest absolute Gasteiger partial charge is 0.255 e. The number of aliphatic hydroxyl groups is 1. The molecule has 1 aliphatic carbocycles. The number of halogens is 2. The lowest BCUT2D eigenvalue weighted by Gasteiger charge is -2.36. The molecule has 1 amide bonds. The largest absolute Gasteiger partial charge is 0.490 e. The minimum atomic E-state index is -0.643. The number of carbonyl (C=O) groups is 1. The van der Waals surface area contributed by atoms with E-state index >= 15 is 0 Å². The maximum absolute atomic E-state index is 14.4. The fraction of sp³-hybridized carbons (Fsp3) is 0.391. The maximum atomic E-state index is 14.4. The van der Waals surface area contributed by atoms with Gasteiger partial charge in [0.25, 0.3) is 5.91 Å². The number of amides is 1. The minimum absolute atomic E-state index is 0.0399. The van der Waals surface area contributed by atoms with E-state index in [1.807, 2.05) is 0 Å². The van der Waals surface area contributed by atoms with Gasteiger partial charge in [-0.2, -0.15) is 5.10 Å². The van der Waals surface area contributed by atoms with E-state index < -0.39 is 17.0 Å². The first kappa shape index (κ1) is 21.2. The summed E-state index contributed by atoms with van der Waals surface area (Å²) in [5.74, 6) is -1.34. The van der Waals surface area contributed by atoms with E-state index in [4.69, 9.17) is 4.74 Å². The number of hydrogen-bond acceptors (Lipinski definition) is 4. The van der Waals surface area contributed by atoms with Crippen molar-refractivity contribution in [3.8, 4) is 5.75 Å². The molecular formula is C23H25F2N3O3. The number of ether oxygens (including phenoxy) is 1. The molecule has 0 aliphatic heterocycles. The highest BCUT2D eigenvalue weighted by Gasteiger charge is 2.33. The Morgan fingerprint density at radius 3 is 2.55 bits per heavy atom. The van der Waals surface area contributed by atoms with E-state index in [2.05, 4.69) is 10.4 Å². The summed E-state index contributed by atoms with van der Waals surface area (Å²) in [7, 11) is 0. The van der Waals surface area contributed by atoms with Crippen molar-refractivity contribution in [2.24, 2.45) is 0 Å². The summed E-state index contributed by atoms with van der Waals surface area (Å²) < 4.78 is 36.0. The molecule has 1 aliphatic rings. The van der Waals surface area contributed by atoms with Crippen LogP contribution >= 0.6 is 0 Å². The molecule has 4 rings (SSSR count). The van der Waals surface area contributed by atoms with Crippen molar-refractivity contribution >= 4 is 11.4 Å². The Morgan fingerprint density at radius 2 is 1.94 bits per heavy atom. The number of nitrogens with one attached hydrogen (secondary N) is 1. The number of aromatic nitrogens is 2. The third kappa shape index (κ3) is 4.25. The van der Waals surface area contributed by atoms with Gasteiger partial charge in [0.15, 0.2) is 0 Å². The topological polar surface area (TPSA) is 75.9 Å². The molecule has 1 saturated carbocycles. The quantitative estimate of drug-likeness (QED) is 0.648. The fourth-order valence-corrected chi connectivity index (χ4v) is 3.86. The second kappa shape index (κ2) is 7.92. The average molecular weight is 429 g/mol. The first-order chi connectivity index (χ1) is 14.7. The van der Waals surface area contributed by atoms with Crippen molar-refractivity contribution in [2.75, 3.05) is 0 Å². The lowest BCUT2D eigenvalue weighted by Crippen LogP contribution is -2.49. The van der Waals surface area contributed by atoms with Crippen LogP contribution in [0.4, 0.5) is 8.78 Å². The van der Waals surface area contributed by atoms with E-state index in [0.29, 0.717) is 29.5 Å². The predicted octanol–water partition coefficient (Wildman–Crippen LogP) is 3.74. The molecule has 0 spiro atoms. The molecule has 31 heavy (non-hydrogen) atoms. The summed E-state index contributed by atoms with van der Waals surface area (Å²) in [6, 6.07) is 5.83. The SMILES string of the molecule is CC(C)(C)c1c(F)cc(OC2CC(NC(=O)c3cnn4cc(CO)ccc34)C2)cc1F. The van der Waals surface area contributed by atoms with Gasteiger partial charge in [-0.1, -0.05) is 26.8 Å². The van der Waals surface area contributed by atoms with Gasteiger partial charge in [-0.15, -0.1) is 0 Å². The van der Waals surface area contributed by atoms with Gasteiger partial charge in [-0.05, 0) is 17.0 Å². The summed E-state index contributed by atoms with van der Waals surface area (Å²) in [6.07, 6.45) is 4.03. The van der Waals surface area contributed by atoms with E-state index in [0.717, 1.165) is 0 Å². The van der Waals surface area contributed by atoms with Gasteiger partial charge in [-0.25, -0.2) is 13.3 Å². The Morgan fingerprint density at radius 1 is 1.26 bits per heavy atom. The second-order valence-electron chi connectivity index (χ2n) is 8.98. The molecule has 2 aromatic heterocycles. The van der Waals surface area contributed by atoms with Gasteiger partial charge in [0.1, 0.15) is 23.5 Å². The molecule has 2 heterocycles. The number of pyridine rings is 1. The first-order valence-corrected chi connectivity index (χ1v) is 10.2. The minimum Gasteiger partial charge on any atom is -0.490 e. The average Bonchev–Trinajstić information content (AvgIpc) is 3.07. The lowest BCUT2D eigenvalue weighted by molar-refractivity contribution is 0.0699. The van der Waals surface area contributed by atoms with Crippen molar-refractivity contribution in [1.82, 2.24) is 14.9 Å². The molecular weight excluding hydrogens is 404 g/mol. The van der Waals surface area contributed by atoms with E-state index in [-0.39, 0.29) is 36.0 Å². The highest BCUT2D eigenvalue weighted by molar-refractivity contribution is 6.00. The maximum Gasteiger partial charge on any atom is 0.255 e. The molecule has 0 radical (unpaired) electrons. The molecule has 1 fully saturated rings. The molecule has 0 bridgehead atoms. The fourth-order valence-electron chi connectivity index (χ4n) is 3.86. The summed E-state index contributed by atoms with van der Waals surface area (Å²) >= 11 is 0. The highest BCUT2D eigenvalue weighted by Crippen LogP contribution is 2.33. The third-order valence-corrected chi connectivity index (χ3v) is 5.50. The zero-order valence-corrected chi connectivity index (χ0v) is 17.7. The Balaban J connectivity index is 1.35. The molecule has 0 unspecified atom stereocenters. The van der Waals surface area contributed by atoms with Crippen LogP contribution < -0.4 is 10.1 Å². The molecule has 1 aromatic carbocycles. The normalized spacial score (nSPS) is 18.6. The van der Waals surface area contributed by atoms with Crippen LogP contribution in [0.1, 0.15) is 55.1 Å². The predicted molar refractivity (Wildman–Crippen MR) is 111 cm³/mol. The van der Waals surface area contributed by atoms with Crippen molar-refractivity contribution < 1.29 is 23.4 Å². The number of nitrogens with zero attached hydrogens (tertiary/aromatic N) is 2. The van der Waals surface area contributed by atoms with Crippen LogP contribution in [0.3, 0.4) is 0 Å². The highest BCUT2D eigenvalue weighted by atomic mass is 19.1. The Labute approximate surface area is 178 Å². The zero-order chi connectivity index (χ0) is 22.3. The second-order valence-corrected chi connectivity index (χ2v) is 8.98. The van der Waals surface area contributed by atoms with Gasteiger partial charge < -0.3 is 15.2 Å². The molecule has 0 saturated heterocycles. The monoisotopic (exact) mass is 429 g/mol. The van der Waals surface area contributed by atoms with Crippen LogP contribution in [0.15, 0.2) is 36.7 Å². The van der Waals surface area contributed by atoms with Gasteiger partial charge in [0.2, 0.25) is 0 Å². The summed E-state index contributed by atoms with van der Waals surface area (Å²) in [6.45, 7) is 5.16. The van der Waals surface area contributed by atoms with E-state index in [9.17, 15) is 18.7 Å². The Kier molecular flexibility index (Phi) is 5.43. The first-order valence-electron chi connectivity index (χ1n) is 10.2. The van der Waals surface area contributed by atoms with Gasteiger partial charge >= 0.3 is 0 Å². The van der Waals surface area contributed by atoms with Crippen molar-refractivity contribution in [3.63, 3.8) is 0 Å². The van der Waals surface area contributed by atoms with Crippen molar-refractivity contribution in [1.29, 1.82) is 0 Å². The van der Waals surface area contributed by atoms with Crippen LogP contribution in [0.2, 0.25) is 0 Å². The lowest BCUT2D eigenvalue weighted by atomic mass is 9.86. The van der Waals surface area contributed by atoms with Crippen molar-refractivity contribution in [2.45, 2.75) is 57.8 Å². The van der Waals surface area contributed by atoms with Gasteiger partial charge in [-0.3, -0.25) is 4.79 Å². The third-order valence-electron chi connectivity index (χ3n) is 5.50. The summed E-state index contributed by atoms with van der Waals surface area (Å²) in [4.78, 5) is 12.6. The van der Waals surface area contributed by atoms with E-state index in [1.165, 1.54) is 18.3 Å². The number of carbonyl (C=O) groups excluding carboxylic acids is 1. The molecule has 2 N–H and O–H groups in total. The number of rotatable bonds is 5. The molecule has 0 atom stereocenters. The number of fused-ring (bicyclic) bond motifs is 1.